The summed E-state index contributed by atoms with van der Waals surface area (Å²) in [5, 5.41) is 11.2. The molecular weight excluding hydrogens is 314 g/mol. The molecule has 1 aromatic rings. The van der Waals surface area contributed by atoms with E-state index in [-0.39, 0.29) is 6.09 Å². The lowest BCUT2D eigenvalue weighted by Crippen LogP contribution is -2.50. The van der Waals surface area contributed by atoms with Crippen molar-refractivity contribution >= 4 is 23.6 Å². The number of amides is 2. The molecule has 24 heavy (non-hydrogen) atoms. The zero-order valence-electron chi connectivity index (χ0n) is 14.2. The highest BCUT2D eigenvalue weighted by Crippen LogP contribution is 2.15. The number of nitrogens with zero attached hydrogens (tertiary/aromatic N) is 4. The third-order valence-corrected chi connectivity index (χ3v) is 3.28. The lowest BCUT2D eigenvalue weighted by Gasteiger charge is -2.35. The van der Waals surface area contributed by atoms with Crippen LogP contribution in [0.2, 0.25) is 0 Å². The normalized spacial score (nSPS) is 15.2. The molecule has 2 rings (SSSR count). The van der Waals surface area contributed by atoms with Gasteiger partial charge in [0.15, 0.2) is 0 Å². The van der Waals surface area contributed by atoms with Crippen molar-refractivity contribution in [2.75, 3.05) is 43.0 Å². The predicted molar refractivity (Wildman–Crippen MR) is 87.8 cm³/mol. The van der Waals surface area contributed by atoms with Gasteiger partial charge in [-0.15, -0.1) is 0 Å². The van der Waals surface area contributed by atoms with Crippen molar-refractivity contribution in [2.24, 2.45) is 0 Å². The number of aromatic nitrogens is 2. The van der Waals surface area contributed by atoms with Crippen molar-refractivity contribution in [1.29, 1.82) is 0 Å². The van der Waals surface area contributed by atoms with E-state index >= 15 is 0 Å². The second kappa shape index (κ2) is 7.43. The van der Waals surface area contributed by atoms with Crippen LogP contribution in [0.5, 0.6) is 0 Å². The number of aliphatic hydroxyl groups excluding tert-OH is 1. The largest absolute Gasteiger partial charge is 0.444 e. The van der Waals surface area contributed by atoms with Gasteiger partial charge in [-0.05, 0) is 20.8 Å². The number of rotatable bonds is 3. The van der Waals surface area contributed by atoms with E-state index in [2.05, 4.69) is 15.3 Å². The number of carbonyl (C=O) groups is 2. The van der Waals surface area contributed by atoms with Crippen LogP contribution in [0.3, 0.4) is 0 Å². The molecule has 1 aliphatic rings. The quantitative estimate of drug-likeness (QED) is 0.825. The number of hydrogen-bond acceptors (Lipinski definition) is 7. The monoisotopic (exact) mass is 337 g/mol. The number of carbonyl (C=O) groups excluding carboxylic acids is 2. The van der Waals surface area contributed by atoms with Gasteiger partial charge in [-0.3, -0.25) is 4.79 Å². The summed E-state index contributed by atoms with van der Waals surface area (Å²) < 4.78 is 5.36. The fourth-order valence-corrected chi connectivity index (χ4v) is 2.17. The molecule has 0 bridgehead atoms. The molecule has 9 nitrogen and oxygen atoms in total. The van der Waals surface area contributed by atoms with Gasteiger partial charge in [-0.1, -0.05) is 0 Å². The predicted octanol–water partition coefficient (Wildman–Crippen LogP) is 0.465. The molecule has 132 valence electrons. The summed E-state index contributed by atoms with van der Waals surface area (Å²) in [6.45, 7) is 7.18. The molecule has 9 heteroatoms. The van der Waals surface area contributed by atoms with Crippen molar-refractivity contribution in [3.05, 3.63) is 12.4 Å². The molecule has 0 unspecified atom stereocenters. The number of piperazine rings is 1. The molecule has 2 amide bonds. The van der Waals surface area contributed by atoms with Crippen molar-refractivity contribution in [1.82, 2.24) is 14.9 Å². The minimum atomic E-state index is -0.589. The third kappa shape index (κ3) is 5.05. The van der Waals surface area contributed by atoms with Gasteiger partial charge in [0.05, 0.1) is 18.1 Å². The van der Waals surface area contributed by atoms with E-state index in [1.807, 2.05) is 25.7 Å². The van der Waals surface area contributed by atoms with Gasteiger partial charge in [0.25, 0.3) is 0 Å². The van der Waals surface area contributed by atoms with E-state index < -0.39 is 18.1 Å². The summed E-state index contributed by atoms with van der Waals surface area (Å²) >= 11 is 0. The van der Waals surface area contributed by atoms with Crippen LogP contribution in [0.15, 0.2) is 12.4 Å². The Labute approximate surface area is 140 Å². The van der Waals surface area contributed by atoms with Crippen LogP contribution in [-0.2, 0) is 9.53 Å². The molecule has 0 aliphatic carbocycles. The minimum Gasteiger partial charge on any atom is -0.444 e. The second-order valence-corrected chi connectivity index (χ2v) is 6.43. The Morgan fingerprint density at radius 1 is 1.21 bits per heavy atom. The molecule has 0 spiro atoms. The highest BCUT2D eigenvalue weighted by atomic mass is 16.6. The summed E-state index contributed by atoms with van der Waals surface area (Å²) in [6, 6.07) is 0. The number of aliphatic hydroxyl groups is 1. The van der Waals surface area contributed by atoms with Crippen LogP contribution >= 0.6 is 0 Å². The number of nitrogens with one attached hydrogen (secondary N) is 1. The van der Waals surface area contributed by atoms with Gasteiger partial charge in [0.1, 0.15) is 12.2 Å². The summed E-state index contributed by atoms with van der Waals surface area (Å²) in [4.78, 5) is 35.1. The lowest BCUT2D eigenvalue weighted by atomic mass is 10.2. The van der Waals surface area contributed by atoms with Gasteiger partial charge in [0, 0.05) is 26.2 Å². The first-order chi connectivity index (χ1) is 11.3. The van der Waals surface area contributed by atoms with Crippen molar-refractivity contribution in [2.45, 2.75) is 26.4 Å². The molecule has 1 fully saturated rings. The average Bonchev–Trinajstić information content (AvgIpc) is 2.54. The van der Waals surface area contributed by atoms with E-state index in [4.69, 9.17) is 9.84 Å². The maximum absolute atomic E-state index is 12.0. The van der Waals surface area contributed by atoms with E-state index in [1.165, 1.54) is 12.4 Å². The molecule has 0 aromatic carbocycles. The van der Waals surface area contributed by atoms with Gasteiger partial charge < -0.3 is 25.0 Å². The Kier molecular flexibility index (Phi) is 5.55. The number of ether oxygens (including phenoxy) is 1. The highest BCUT2D eigenvalue weighted by Gasteiger charge is 2.26. The van der Waals surface area contributed by atoms with Gasteiger partial charge in [-0.2, -0.15) is 0 Å². The molecule has 1 aromatic heterocycles. The molecular formula is C15H23N5O4. The standard InChI is InChI=1S/C15H23N5O4/c1-15(2,3)24-14(23)20-6-4-19(5-7-20)13-16-8-11(9-17-13)18-12(22)10-21/h8-9,21H,4-7,10H2,1-3H3,(H,18,22). The maximum atomic E-state index is 12.0. The molecule has 2 N–H and O–H groups in total. The summed E-state index contributed by atoms with van der Waals surface area (Å²) in [7, 11) is 0. The van der Waals surface area contributed by atoms with Crippen LogP contribution in [0, 0.1) is 0 Å². The maximum Gasteiger partial charge on any atom is 0.410 e. The Bertz CT molecular complexity index is 577. The van der Waals surface area contributed by atoms with Crippen LogP contribution in [0.1, 0.15) is 20.8 Å². The SMILES string of the molecule is CC(C)(C)OC(=O)N1CCN(c2ncc(NC(=O)CO)cn2)CC1. The van der Waals surface area contributed by atoms with E-state index in [0.717, 1.165) is 0 Å². The second-order valence-electron chi connectivity index (χ2n) is 6.43. The Morgan fingerprint density at radius 3 is 2.29 bits per heavy atom. The van der Waals surface area contributed by atoms with Gasteiger partial charge >= 0.3 is 6.09 Å². The first-order valence-corrected chi connectivity index (χ1v) is 7.74. The Balaban J connectivity index is 1.88. The van der Waals surface area contributed by atoms with Crippen LogP contribution < -0.4 is 10.2 Å². The molecule has 2 heterocycles. The van der Waals surface area contributed by atoms with Crippen LogP contribution in [0.25, 0.3) is 0 Å². The summed E-state index contributed by atoms with van der Waals surface area (Å²) in [5.41, 5.74) is -0.0863. The Morgan fingerprint density at radius 2 is 1.79 bits per heavy atom. The highest BCUT2D eigenvalue weighted by molar-refractivity contribution is 5.91. The zero-order chi connectivity index (χ0) is 17.7. The summed E-state index contributed by atoms with van der Waals surface area (Å²) in [5.74, 6) is 0.0122. The van der Waals surface area contributed by atoms with E-state index in [1.54, 1.807) is 4.90 Å². The Hall–Kier alpha value is -2.42. The number of hydrogen-bond donors (Lipinski definition) is 2. The first kappa shape index (κ1) is 17.9. The number of anilines is 2. The fraction of sp³-hybridized carbons (Fsp3) is 0.600. The molecule has 1 aliphatic heterocycles. The average molecular weight is 337 g/mol. The van der Waals surface area contributed by atoms with Crippen molar-refractivity contribution in [3.8, 4) is 0 Å². The van der Waals surface area contributed by atoms with E-state index in [0.29, 0.717) is 37.8 Å². The van der Waals surface area contributed by atoms with Crippen LogP contribution in [0.4, 0.5) is 16.4 Å². The van der Waals surface area contributed by atoms with Crippen molar-refractivity contribution < 1.29 is 19.4 Å². The third-order valence-electron chi connectivity index (χ3n) is 3.28. The minimum absolute atomic E-state index is 0.315. The van der Waals surface area contributed by atoms with Crippen molar-refractivity contribution in [3.63, 3.8) is 0 Å². The van der Waals surface area contributed by atoms with E-state index in [9.17, 15) is 9.59 Å². The van der Waals surface area contributed by atoms with Gasteiger partial charge in [-0.25, -0.2) is 14.8 Å². The molecule has 0 radical (unpaired) electrons. The van der Waals surface area contributed by atoms with Gasteiger partial charge in [0.2, 0.25) is 11.9 Å². The summed E-state index contributed by atoms with van der Waals surface area (Å²) in [6.07, 6.45) is 2.65. The first-order valence-electron chi connectivity index (χ1n) is 7.74. The lowest BCUT2D eigenvalue weighted by molar-refractivity contribution is -0.118. The van der Waals surface area contributed by atoms with Crippen LogP contribution in [-0.4, -0.2) is 70.4 Å². The fourth-order valence-electron chi connectivity index (χ4n) is 2.17. The smallest absolute Gasteiger partial charge is 0.410 e. The molecule has 0 saturated carbocycles. The molecule has 1 saturated heterocycles. The topological polar surface area (TPSA) is 108 Å². The molecule has 0 atom stereocenters. The zero-order valence-corrected chi connectivity index (χ0v) is 14.2.